The van der Waals surface area contributed by atoms with Crippen LogP contribution in [0, 0.1) is 19.9 Å². The minimum Gasteiger partial charge on any atom is -0.371 e. The van der Waals surface area contributed by atoms with Crippen molar-refractivity contribution in [2.45, 2.75) is 20.8 Å². The molecule has 1 heterocycles. The van der Waals surface area contributed by atoms with Crippen LogP contribution in [0.4, 0.5) is 0 Å². The van der Waals surface area contributed by atoms with Crippen molar-refractivity contribution in [1.29, 1.82) is 0 Å². The maximum atomic E-state index is 11.1. The largest absolute Gasteiger partial charge is 3.00 e. The maximum Gasteiger partial charge on any atom is 3.00 e. The second kappa shape index (κ2) is 5.33. The van der Waals surface area contributed by atoms with Gasteiger partial charge in [0.05, 0.1) is 0 Å². The normalized spacial score (nSPS) is 9.23. The summed E-state index contributed by atoms with van der Waals surface area (Å²) in [6.45, 7) is 5.28. The number of rotatable bonds is 1. The summed E-state index contributed by atoms with van der Waals surface area (Å²) in [6.07, 6.45) is 0. The number of hydrogen-bond donors (Lipinski definition) is 0. The van der Waals surface area contributed by atoms with Crippen molar-refractivity contribution in [2.75, 3.05) is 0 Å². The van der Waals surface area contributed by atoms with Crippen LogP contribution < -0.4 is 0 Å². The summed E-state index contributed by atoms with van der Waals surface area (Å²) in [5.74, 6) is 0.0266. The molecule has 1 rings (SSSR count). The zero-order valence-corrected chi connectivity index (χ0v) is 12.2. The summed E-state index contributed by atoms with van der Waals surface area (Å²) in [6, 6.07) is 2.87. The van der Waals surface area contributed by atoms with Crippen LogP contribution in [0.5, 0.6) is 0 Å². The molecule has 1 aromatic rings. The van der Waals surface area contributed by atoms with E-state index >= 15 is 0 Å². The predicted molar refractivity (Wildman–Crippen MR) is 50.3 cm³/mol. The smallest absolute Gasteiger partial charge is 0.371 e. The van der Waals surface area contributed by atoms with Crippen LogP contribution >= 0.6 is 15.9 Å². The van der Waals surface area contributed by atoms with E-state index in [1.165, 1.54) is 6.92 Å². The van der Waals surface area contributed by atoms with Crippen LogP contribution in [-0.4, -0.2) is 10.8 Å². The monoisotopic (exact) mass is 315 g/mol. The van der Waals surface area contributed by atoms with Crippen LogP contribution in [0.2, 0.25) is 0 Å². The Kier molecular flexibility index (Phi) is 5.49. The van der Waals surface area contributed by atoms with Gasteiger partial charge in [0.25, 0.3) is 0 Å². The van der Waals surface area contributed by atoms with Crippen molar-refractivity contribution in [2.24, 2.45) is 0 Å². The number of nitrogens with zero attached hydrogens (tertiary/aromatic N) is 1. The van der Waals surface area contributed by atoms with Gasteiger partial charge in [-0.3, -0.25) is 4.98 Å². The first-order valence-electron chi connectivity index (χ1n) is 3.59. The quantitative estimate of drug-likeness (QED) is 0.453. The molecule has 0 aliphatic rings. The Labute approximate surface area is 112 Å². The second-order valence-electron chi connectivity index (χ2n) is 2.67. The van der Waals surface area contributed by atoms with Crippen LogP contribution in [0.25, 0.3) is 0 Å². The molecule has 0 aromatic carbocycles. The van der Waals surface area contributed by atoms with E-state index in [0.717, 1.165) is 11.3 Å². The van der Waals surface area contributed by atoms with Crippen LogP contribution in [0.3, 0.4) is 0 Å². The van der Waals surface area contributed by atoms with Crippen LogP contribution in [-0.2, 0) is 32.7 Å². The van der Waals surface area contributed by atoms with Gasteiger partial charge >= 0.3 is 32.7 Å². The summed E-state index contributed by atoms with van der Waals surface area (Å²) >= 11 is 3.20. The average molecular weight is 316 g/mol. The average Bonchev–Trinajstić information content (AvgIpc) is 1.96. The summed E-state index contributed by atoms with van der Waals surface area (Å²) in [4.78, 5) is 15.2. The first kappa shape index (κ1) is 13.4. The molecule has 0 radical (unpaired) electrons. The fraction of sp³-hybridized carbons (Fsp3) is 0.333. The molecule has 0 saturated heterocycles. The van der Waals surface area contributed by atoms with Gasteiger partial charge in [-0.15, -0.1) is 17.2 Å². The van der Waals surface area contributed by atoms with E-state index in [9.17, 15) is 4.79 Å². The Morgan fingerprint density at radius 3 is 2.46 bits per heavy atom. The number of carbonyl (C=O) groups excluding carboxylic acids is 1. The van der Waals surface area contributed by atoms with E-state index in [1.54, 1.807) is 0 Å². The van der Waals surface area contributed by atoms with Crippen molar-refractivity contribution < 1.29 is 37.5 Å². The van der Waals surface area contributed by atoms with Crippen LogP contribution in [0.15, 0.2) is 4.60 Å². The summed E-state index contributed by atoms with van der Waals surface area (Å²) in [7, 11) is 0. The van der Waals surface area contributed by atoms with Crippen molar-refractivity contribution in [3.05, 3.63) is 27.5 Å². The SMILES string of the molecule is CC(=O)c1[c-]c(Br)nc(C)c1C.[Y+3]. The first-order chi connectivity index (χ1) is 5.52. The maximum absolute atomic E-state index is 11.1. The number of halogens is 1. The molecule has 1 aromatic heterocycles. The van der Waals surface area contributed by atoms with E-state index in [-0.39, 0.29) is 38.5 Å². The molecule has 0 aliphatic carbocycles. The molecule has 0 bridgehead atoms. The van der Waals surface area contributed by atoms with Gasteiger partial charge in [-0.05, 0) is 35.5 Å². The molecule has 13 heavy (non-hydrogen) atoms. The molecule has 0 saturated carbocycles. The van der Waals surface area contributed by atoms with E-state index in [2.05, 4.69) is 27.0 Å². The molecule has 0 fully saturated rings. The minimum atomic E-state index is 0. The minimum absolute atomic E-state index is 0. The number of ketones is 1. The van der Waals surface area contributed by atoms with E-state index in [0.29, 0.717) is 10.2 Å². The van der Waals surface area contributed by atoms with Gasteiger partial charge in [0, 0.05) is 10.4 Å². The van der Waals surface area contributed by atoms with Crippen molar-refractivity contribution in [1.82, 2.24) is 4.98 Å². The fourth-order valence-electron chi connectivity index (χ4n) is 0.989. The summed E-state index contributed by atoms with van der Waals surface area (Å²) < 4.78 is 0.593. The molecule has 2 nitrogen and oxygen atoms in total. The molecule has 0 N–H and O–H groups in total. The van der Waals surface area contributed by atoms with Crippen molar-refractivity contribution in [3.8, 4) is 0 Å². The fourth-order valence-corrected chi connectivity index (χ4v) is 1.45. The van der Waals surface area contributed by atoms with Gasteiger partial charge in [-0.1, -0.05) is 6.92 Å². The third-order valence-corrected chi connectivity index (χ3v) is 2.14. The summed E-state index contributed by atoms with van der Waals surface area (Å²) in [5.41, 5.74) is 2.39. The number of pyridine rings is 1. The first-order valence-corrected chi connectivity index (χ1v) is 4.38. The number of aromatic nitrogens is 1. The van der Waals surface area contributed by atoms with Gasteiger partial charge in [0.2, 0.25) is 0 Å². The Bertz CT molecular complexity index is 339. The summed E-state index contributed by atoms with van der Waals surface area (Å²) in [5, 5.41) is 0. The Morgan fingerprint density at radius 2 is 2.00 bits per heavy atom. The third-order valence-electron chi connectivity index (χ3n) is 1.76. The van der Waals surface area contributed by atoms with Gasteiger partial charge < -0.3 is 4.79 Å². The number of aryl methyl sites for hydroxylation is 1. The zero-order chi connectivity index (χ0) is 9.30. The van der Waals surface area contributed by atoms with Gasteiger partial charge in [-0.25, -0.2) is 0 Å². The number of hydrogen-bond acceptors (Lipinski definition) is 2. The van der Waals surface area contributed by atoms with Gasteiger partial charge in [0.15, 0.2) is 0 Å². The van der Waals surface area contributed by atoms with E-state index in [1.807, 2.05) is 13.8 Å². The van der Waals surface area contributed by atoms with Crippen molar-refractivity contribution >= 4 is 21.7 Å². The van der Waals surface area contributed by atoms with Gasteiger partial charge in [-0.2, -0.15) is 0 Å². The van der Waals surface area contributed by atoms with Gasteiger partial charge in [0.1, 0.15) is 0 Å². The molecule has 4 heteroatoms. The Morgan fingerprint density at radius 1 is 1.46 bits per heavy atom. The van der Waals surface area contributed by atoms with E-state index < -0.39 is 0 Å². The number of Topliss-reactive ketones (excluding diaryl/α,β-unsaturated/α-hetero) is 1. The number of carbonyl (C=O) groups is 1. The second-order valence-corrected chi connectivity index (χ2v) is 3.42. The molecule has 0 aliphatic heterocycles. The third kappa shape index (κ3) is 3.22. The Balaban J connectivity index is 0.00000144. The van der Waals surface area contributed by atoms with Crippen LogP contribution in [0.1, 0.15) is 28.5 Å². The molecule has 0 spiro atoms. The molecule has 0 atom stereocenters. The predicted octanol–water partition coefficient (Wildman–Crippen LogP) is 2.46. The molecular weight excluding hydrogens is 307 g/mol. The van der Waals surface area contributed by atoms with Crippen molar-refractivity contribution in [3.63, 3.8) is 0 Å². The molecule has 64 valence electrons. The molecular formula is C9H9BrNOY+2. The Hall–Kier alpha value is 0.404. The molecule has 0 unspecified atom stereocenters. The molecule has 0 amide bonds. The van der Waals surface area contributed by atoms with E-state index in [4.69, 9.17) is 0 Å². The zero-order valence-electron chi connectivity index (χ0n) is 7.81. The standard InChI is InChI=1S/C9H9BrNO.Y/c1-5-6(2)11-9(10)4-8(5)7(3)12;/h1-3H3;/q-1;+3. The topological polar surface area (TPSA) is 30.0 Å².